The fourth-order valence-corrected chi connectivity index (χ4v) is 3.74. The van der Waals surface area contributed by atoms with Crippen LogP contribution in [0.3, 0.4) is 0 Å². The van der Waals surface area contributed by atoms with Gasteiger partial charge in [0.15, 0.2) is 5.82 Å². The number of anilines is 2. The number of hydrogen-bond acceptors (Lipinski definition) is 9. The zero-order chi connectivity index (χ0) is 17.2. The minimum Gasteiger partial charge on any atom is -0.463 e. The maximum atomic E-state index is 11.9. The first-order valence-corrected chi connectivity index (χ1v) is 8.74. The minimum atomic E-state index is -0.518. The lowest BCUT2D eigenvalue weighted by atomic mass is 10.2. The molecule has 0 N–H and O–H groups in total. The highest BCUT2D eigenvalue weighted by atomic mass is 32.1. The predicted molar refractivity (Wildman–Crippen MR) is 95.2 cm³/mol. The average Bonchev–Trinajstić information content (AvgIpc) is 3.16. The molecule has 9 heteroatoms. The van der Waals surface area contributed by atoms with Gasteiger partial charge in [-0.1, -0.05) is 0 Å². The Bertz CT molecular complexity index is 892. The van der Waals surface area contributed by atoms with Crippen molar-refractivity contribution in [2.24, 2.45) is 0 Å². The van der Waals surface area contributed by atoms with Crippen molar-refractivity contribution in [3.8, 4) is 0 Å². The van der Waals surface area contributed by atoms with Gasteiger partial charge in [-0.2, -0.15) is 10.2 Å². The van der Waals surface area contributed by atoms with E-state index >= 15 is 0 Å². The van der Waals surface area contributed by atoms with Crippen molar-refractivity contribution in [1.29, 1.82) is 0 Å². The van der Waals surface area contributed by atoms with Crippen molar-refractivity contribution in [3.63, 3.8) is 0 Å². The zero-order valence-corrected chi connectivity index (χ0v) is 14.4. The second-order valence-corrected chi connectivity index (χ2v) is 6.49. The first kappa shape index (κ1) is 15.7. The minimum absolute atomic E-state index is 0.101. The van der Waals surface area contributed by atoms with Gasteiger partial charge in [-0.25, -0.2) is 14.8 Å². The zero-order valence-electron chi connectivity index (χ0n) is 13.6. The lowest BCUT2D eigenvalue weighted by Crippen LogP contribution is -2.47. The Labute approximate surface area is 148 Å². The molecule has 3 aromatic heterocycles. The largest absolute Gasteiger partial charge is 0.463 e. The standard InChI is InChI=1S/C16H16N6O2S/c1-24-16(23)14-19-12-3-9-25-13(12)15(20-14)22-7-5-21(6-8-22)11-2-4-17-18-10-11/h2-4,9-10H,5-8H2,1H3. The summed E-state index contributed by atoms with van der Waals surface area (Å²) in [6.07, 6.45) is 3.47. The molecule has 1 fully saturated rings. The molecule has 0 unspecified atom stereocenters. The molecule has 0 atom stereocenters. The van der Waals surface area contributed by atoms with E-state index in [1.807, 2.05) is 17.5 Å². The van der Waals surface area contributed by atoms with Gasteiger partial charge in [0.1, 0.15) is 0 Å². The third-order valence-corrected chi connectivity index (χ3v) is 5.07. The number of fused-ring (bicyclic) bond motifs is 1. The summed E-state index contributed by atoms with van der Waals surface area (Å²) in [5, 5.41) is 9.72. The Morgan fingerprint density at radius 2 is 1.92 bits per heavy atom. The molecule has 0 amide bonds. The normalized spacial score (nSPS) is 14.8. The van der Waals surface area contributed by atoms with Crippen molar-refractivity contribution in [1.82, 2.24) is 20.2 Å². The number of piperazine rings is 1. The third kappa shape index (κ3) is 2.98. The molecule has 0 aliphatic carbocycles. The first-order valence-electron chi connectivity index (χ1n) is 7.86. The van der Waals surface area contributed by atoms with Crippen LogP contribution in [0.1, 0.15) is 10.6 Å². The predicted octanol–water partition coefficient (Wildman–Crippen LogP) is 1.59. The molecular formula is C16H16N6O2S. The Balaban J connectivity index is 1.60. The van der Waals surface area contributed by atoms with E-state index in [9.17, 15) is 4.79 Å². The smallest absolute Gasteiger partial charge is 0.376 e. The van der Waals surface area contributed by atoms with E-state index < -0.39 is 5.97 Å². The van der Waals surface area contributed by atoms with Crippen molar-refractivity contribution >= 4 is 39.0 Å². The van der Waals surface area contributed by atoms with E-state index in [2.05, 4.69) is 30.0 Å². The van der Waals surface area contributed by atoms with Crippen molar-refractivity contribution < 1.29 is 9.53 Å². The van der Waals surface area contributed by atoms with E-state index in [4.69, 9.17) is 4.74 Å². The summed E-state index contributed by atoms with van der Waals surface area (Å²) in [7, 11) is 1.34. The molecule has 0 spiro atoms. The van der Waals surface area contributed by atoms with Crippen molar-refractivity contribution in [3.05, 3.63) is 35.7 Å². The lowest BCUT2D eigenvalue weighted by Gasteiger charge is -2.36. The number of ether oxygens (including phenoxy) is 1. The van der Waals surface area contributed by atoms with Gasteiger partial charge in [-0.15, -0.1) is 11.3 Å². The van der Waals surface area contributed by atoms with Crippen LogP contribution in [0.2, 0.25) is 0 Å². The molecule has 4 heterocycles. The molecule has 3 aromatic rings. The van der Waals surface area contributed by atoms with E-state index in [0.717, 1.165) is 47.9 Å². The number of methoxy groups -OCH3 is 1. The van der Waals surface area contributed by atoms with Crippen LogP contribution >= 0.6 is 11.3 Å². The second-order valence-electron chi connectivity index (χ2n) is 5.57. The third-order valence-electron chi connectivity index (χ3n) is 4.17. The van der Waals surface area contributed by atoms with Crippen LogP contribution in [0.5, 0.6) is 0 Å². The van der Waals surface area contributed by atoms with Gasteiger partial charge in [0.05, 0.1) is 35.4 Å². The van der Waals surface area contributed by atoms with Crippen LogP contribution in [0.15, 0.2) is 29.9 Å². The van der Waals surface area contributed by atoms with Crippen LogP contribution in [-0.2, 0) is 4.74 Å². The Hall–Kier alpha value is -2.81. The molecule has 0 bridgehead atoms. The fourth-order valence-electron chi connectivity index (χ4n) is 2.89. The summed E-state index contributed by atoms with van der Waals surface area (Å²) >= 11 is 1.58. The molecule has 0 aromatic carbocycles. The number of thiophene rings is 1. The van der Waals surface area contributed by atoms with Crippen molar-refractivity contribution in [2.75, 3.05) is 43.1 Å². The molecular weight excluding hydrogens is 340 g/mol. The SMILES string of the molecule is COC(=O)c1nc(N2CCN(c3ccnnc3)CC2)c2sccc2n1. The Morgan fingerprint density at radius 1 is 1.12 bits per heavy atom. The van der Waals surface area contributed by atoms with Gasteiger partial charge in [0, 0.05) is 26.2 Å². The highest BCUT2D eigenvalue weighted by Crippen LogP contribution is 2.30. The maximum absolute atomic E-state index is 11.9. The maximum Gasteiger partial charge on any atom is 0.376 e. The summed E-state index contributed by atoms with van der Waals surface area (Å²) in [6.45, 7) is 3.28. The molecule has 1 aliphatic heterocycles. The summed E-state index contributed by atoms with van der Waals surface area (Å²) in [6, 6.07) is 3.86. The van der Waals surface area contributed by atoms with Crippen LogP contribution < -0.4 is 9.80 Å². The van der Waals surface area contributed by atoms with Crippen LogP contribution in [0.4, 0.5) is 11.5 Å². The van der Waals surface area contributed by atoms with Crippen LogP contribution in [-0.4, -0.2) is 59.4 Å². The van der Waals surface area contributed by atoms with Gasteiger partial charge >= 0.3 is 5.97 Å². The number of hydrogen-bond donors (Lipinski definition) is 0. The van der Waals surface area contributed by atoms with E-state index in [1.165, 1.54) is 7.11 Å². The molecule has 128 valence electrons. The monoisotopic (exact) mass is 356 g/mol. The van der Waals surface area contributed by atoms with Gasteiger partial charge < -0.3 is 14.5 Å². The van der Waals surface area contributed by atoms with E-state index in [-0.39, 0.29) is 5.82 Å². The summed E-state index contributed by atoms with van der Waals surface area (Å²) < 4.78 is 5.77. The number of esters is 1. The quantitative estimate of drug-likeness (QED) is 0.654. The van der Waals surface area contributed by atoms with Gasteiger partial charge in [-0.3, -0.25) is 0 Å². The fraction of sp³-hybridized carbons (Fsp3) is 0.312. The molecule has 0 radical (unpaired) electrons. The highest BCUT2D eigenvalue weighted by molar-refractivity contribution is 7.17. The highest BCUT2D eigenvalue weighted by Gasteiger charge is 2.23. The lowest BCUT2D eigenvalue weighted by molar-refractivity contribution is 0.0587. The Morgan fingerprint density at radius 3 is 2.64 bits per heavy atom. The van der Waals surface area contributed by atoms with Gasteiger partial charge in [0.2, 0.25) is 5.82 Å². The van der Waals surface area contributed by atoms with Crippen LogP contribution in [0, 0.1) is 0 Å². The molecule has 8 nitrogen and oxygen atoms in total. The first-order chi connectivity index (χ1) is 12.3. The summed E-state index contributed by atoms with van der Waals surface area (Å²) in [5.41, 5.74) is 1.84. The van der Waals surface area contributed by atoms with E-state index in [1.54, 1.807) is 23.7 Å². The molecule has 25 heavy (non-hydrogen) atoms. The number of nitrogens with zero attached hydrogens (tertiary/aromatic N) is 6. The van der Waals surface area contributed by atoms with Gasteiger partial charge in [-0.05, 0) is 17.5 Å². The number of carbonyl (C=O) groups is 1. The summed E-state index contributed by atoms with van der Waals surface area (Å²) in [5.74, 6) is 0.382. The second kappa shape index (κ2) is 6.60. The number of carbonyl (C=O) groups excluding carboxylic acids is 1. The molecule has 1 aliphatic rings. The van der Waals surface area contributed by atoms with Crippen molar-refractivity contribution in [2.45, 2.75) is 0 Å². The molecule has 1 saturated heterocycles. The number of aromatic nitrogens is 4. The van der Waals surface area contributed by atoms with Crippen LogP contribution in [0.25, 0.3) is 10.2 Å². The van der Waals surface area contributed by atoms with E-state index in [0.29, 0.717) is 0 Å². The average molecular weight is 356 g/mol. The summed E-state index contributed by atoms with van der Waals surface area (Å²) in [4.78, 5) is 25.1. The topological polar surface area (TPSA) is 84.3 Å². The van der Waals surface area contributed by atoms with Gasteiger partial charge in [0.25, 0.3) is 0 Å². The number of rotatable bonds is 3. The molecule has 0 saturated carbocycles. The molecule has 4 rings (SSSR count). The Kier molecular flexibility index (Phi) is 4.14.